The minimum atomic E-state index is -0.349. The van der Waals surface area contributed by atoms with Gasteiger partial charge in [0.05, 0.1) is 18.8 Å². The fourth-order valence-corrected chi connectivity index (χ4v) is 2.05. The molecule has 2 N–H and O–H groups in total. The van der Waals surface area contributed by atoms with Crippen molar-refractivity contribution in [1.82, 2.24) is 15.1 Å². The molecule has 1 amide bonds. The third-order valence-electron chi connectivity index (χ3n) is 3.12. The van der Waals surface area contributed by atoms with Gasteiger partial charge >= 0.3 is 0 Å². The summed E-state index contributed by atoms with van der Waals surface area (Å²) in [7, 11) is 1.85. The van der Waals surface area contributed by atoms with E-state index in [-0.39, 0.29) is 18.6 Å². The molecule has 0 saturated carbocycles. The maximum absolute atomic E-state index is 11.9. The van der Waals surface area contributed by atoms with Crippen molar-refractivity contribution in [2.75, 3.05) is 6.61 Å². The topological polar surface area (TPSA) is 67.2 Å². The minimum absolute atomic E-state index is 0.0724. The fraction of sp³-hybridized carbons (Fsp3) is 0.333. The lowest BCUT2D eigenvalue weighted by atomic mass is 10.1. The van der Waals surface area contributed by atoms with Crippen molar-refractivity contribution in [2.45, 2.75) is 18.9 Å². The van der Waals surface area contributed by atoms with Crippen molar-refractivity contribution in [3.63, 3.8) is 0 Å². The molecule has 1 aromatic heterocycles. The molecule has 0 unspecified atom stereocenters. The summed E-state index contributed by atoms with van der Waals surface area (Å²) in [5, 5.41) is 16.3. The number of hydrogen-bond donors (Lipinski definition) is 2. The van der Waals surface area contributed by atoms with Gasteiger partial charge in [-0.2, -0.15) is 5.10 Å². The lowest BCUT2D eigenvalue weighted by Gasteiger charge is -2.16. The van der Waals surface area contributed by atoms with Crippen LogP contribution in [-0.4, -0.2) is 27.4 Å². The maximum atomic E-state index is 11.9. The molecule has 20 heavy (non-hydrogen) atoms. The van der Waals surface area contributed by atoms with Gasteiger partial charge in [-0.15, -0.1) is 0 Å². The Hall–Kier alpha value is -2.14. The molecule has 1 atom stereocenters. The Morgan fingerprint density at radius 1 is 1.40 bits per heavy atom. The lowest BCUT2D eigenvalue weighted by Crippen LogP contribution is -2.30. The van der Waals surface area contributed by atoms with E-state index in [0.29, 0.717) is 12.8 Å². The number of carbonyl (C=O) groups excluding carboxylic acids is 1. The quantitative estimate of drug-likeness (QED) is 0.831. The minimum Gasteiger partial charge on any atom is -0.394 e. The number of benzene rings is 1. The SMILES string of the molecule is Cn1cc(CCC(=O)N[C@H](CO)c2ccccc2)cn1. The molecule has 0 fully saturated rings. The molecule has 106 valence electrons. The van der Waals surface area contributed by atoms with Crippen molar-refractivity contribution in [3.8, 4) is 0 Å². The summed E-state index contributed by atoms with van der Waals surface area (Å²) in [6, 6.07) is 9.12. The standard InChI is InChI=1S/C15H19N3O2/c1-18-10-12(9-16-18)7-8-15(20)17-14(11-19)13-5-3-2-4-6-13/h2-6,9-10,14,19H,7-8,11H2,1H3,(H,17,20)/t14-/m1/s1. The molecule has 0 aliphatic carbocycles. The van der Waals surface area contributed by atoms with E-state index in [2.05, 4.69) is 10.4 Å². The Morgan fingerprint density at radius 2 is 2.15 bits per heavy atom. The van der Waals surface area contributed by atoms with Crippen molar-refractivity contribution in [2.24, 2.45) is 7.05 Å². The predicted octanol–water partition coefficient (Wildman–Crippen LogP) is 1.20. The van der Waals surface area contributed by atoms with Crippen LogP contribution in [0, 0.1) is 0 Å². The first-order valence-corrected chi connectivity index (χ1v) is 6.61. The van der Waals surface area contributed by atoms with Gasteiger partial charge in [-0.1, -0.05) is 30.3 Å². The smallest absolute Gasteiger partial charge is 0.220 e. The van der Waals surface area contributed by atoms with Crippen LogP contribution in [0.4, 0.5) is 0 Å². The molecule has 0 spiro atoms. The van der Waals surface area contributed by atoms with Crippen LogP contribution in [0.2, 0.25) is 0 Å². The summed E-state index contributed by atoms with van der Waals surface area (Å²) < 4.78 is 1.72. The zero-order chi connectivity index (χ0) is 14.4. The molecule has 5 nitrogen and oxygen atoms in total. The predicted molar refractivity (Wildman–Crippen MR) is 75.9 cm³/mol. The van der Waals surface area contributed by atoms with Gasteiger partial charge in [-0.25, -0.2) is 0 Å². The summed E-state index contributed by atoms with van der Waals surface area (Å²) in [5.41, 5.74) is 1.94. The van der Waals surface area contributed by atoms with Gasteiger partial charge < -0.3 is 10.4 Å². The van der Waals surface area contributed by atoms with Crippen LogP contribution < -0.4 is 5.32 Å². The molecule has 1 aromatic carbocycles. The number of nitrogens with one attached hydrogen (secondary N) is 1. The molecular formula is C15H19N3O2. The molecular weight excluding hydrogens is 254 g/mol. The molecule has 0 aliphatic heterocycles. The van der Waals surface area contributed by atoms with Crippen LogP contribution in [0.3, 0.4) is 0 Å². The number of aliphatic hydroxyl groups is 1. The zero-order valence-corrected chi connectivity index (χ0v) is 11.5. The highest BCUT2D eigenvalue weighted by Crippen LogP contribution is 2.12. The van der Waals surface area contributed by atoms with Crippen LogP contribution in [0.25, 0.3) is 0 Å². The number of carbonyl (C=O) groups is 1. The Balaban J connectivity index is 1.86. The first-order chi connectivity index (χ1) is 9.69. The lowest BCUT2D eigenvalue weighted by molar-refractivity contribution is -0.122. The van der Waals surface area contributed by atoms with Gasteiger partial charge in [0.1, 0.15) is 0 Å². The number of hydrogen-bond acceptors (Lipinski definition) is 3. The van der Waals surface area contributed by atoms with E-state index in [1.165, 1.54) is 0 Å². The molecule has 2 rings (SSSR count). The number of nitrogens with zero attached hydrogens (tertiary/aromatic N) is 2. The molecule has 0 bridgehead atoms. The average molecular weight is 273 g/mol. The number of rotatable bonds is 6. The number of aliphatic hydroxyl groups excluding tert-OH is 1. The van der Waals surface area contributed by atoms with E-state index in [1.54, 1.807) is 10.9 Å². The van der Waals surface area contributed by atoms with Gasteiger partial charge in [0, 0.05) is 19.7 Å². The monoisotopic (exact) mass is 273 g/mol. The summed E-state index contributed by atoms with van der Waals surface area (Å²) >= 11 is 0. The summed E-state index contributed by atoms with van der Waals surface area (Å²) in [6.07, 6.45) is 4.68. The van der Waals surface area contributed by atoms with E-state index in [4.69, 9.17) is 0 Å². The Kier molecular flexibility index (Phi) is 4.90. The second-order valence-electron chi connectivity index (χ2n) is 4.74. The maximum Gasteiger partial charge on any atom is 0.220 e. The summed E-state index contributed by atoms with van der Waals surface area (Å²) in [6.45, 7) is -0.108. The largest absolute Gasteiger partial charge is 0.394 e. The third-order valence-corrected chi connectivity index (χ3v) is 3.12. The van der Waals surface area contributed by atoms with Gasteiger partial charge in [0.25, 0.3) is 0 Å². The van der Waals surface area contributed by atoms with Crippen LogP contribution in [0.1, 0.15) is 23.6 Å². The van der Waals surface area contributed by atoms with E-state index in [9.17, 15) is 9.90 Å². The first kappa shape index (κ1) is 14.3. The van der Waals surface area contributed by atoms with Gasteiger partial charge in [-0.3, -0.25) is 9.48 Å². The van der Waals surface area contributed by atoms with Crippen molar-refractivity contribution in [1.29, 1.82) is 0 Å². The molecule has 1 heterocycles. The highest BCUT2D eigenvalue weighted by Gasteiger charge is 2.13. The summed E-state index contributed by atoms with van der Waals surface area (Å²) in [4.78, 5) is 11.9. The van der Waals surface area contributed by atoms with Crippen molar-refractivity contribution < 1.29 is 9.90 Å². The second-order valence-corrected chi connectivity index (χ2v) is 4.74. The Morgan fingerprint density at radius 3 is 2.75 bits per heavy atom. The molecule has 0 radical (unpaired) electrons. The second kappa shape index (κ2) is 6.86. The van der Waals surface area contributed by atoms with Gasteiger partial charge in [0.15, 0.2) is 0 Å². The number of aryl methyl sites for hydroxylation is 2. The Bertz CT molecular complexity index is 551. The average Bonchev–Trinajstić information content (AvgIpc) is 2.89. The van der Waals surface area contributed by atoms with Gasteiger partial charge in [0.2, 0.25) is 5.91 Å². The normalized spacial score (nSPS) is 12.1. The number of aromatic nitrogens is 2. The van der Waals surface area contributed by atoms with Crippen molar-refractivity contribution >= 4 is 5.91 Å². The fourth-order valence-electron chi connectivity index (χ4n) is 2.05. The van der Waals surface area contributed by atoms with Crippen LogP contribution in [-0.2, 0) is 18.3 Å². The van der Waals surface area contributed by atoms with Crippen molar-refractivity contribution in [3.05, 3.63) is 53.9 Å². The highest BCUT2D eigenvalue weighted by atomic mass is 16.3. The van der Waals surface area contributed by atoms with Crippen LogP contribution in [0.15, 0.2) is 42.7 Å². The first-order valence-electron chi connectivity index (χ1n) is 6.61. The highest BCUT2D eigenvalue weighted by molar-refractivity contribution is 5.76. The zero-order valence-electron chi connectivity index (χ0n) is 11.5. The van der Waals surface area contributed by atoms with E-state index in [1.807, 2.05) is 43.6 Å². The van der Waals surface area contributed by atoms with E-state index >= 15 is 0 Å². The Labute approximate surface area is 118 Å². The molecule has 0 saturated heterocycles. The van der Waals surface area contributed by atoms with Gasteiger partial charge in [-0.05, 0) is 17.5 Å². The number of amides is 1. The molecule has 0 aliphatic rings. The molecule has 2 aromatic rings. The third kappa shape index (κ3) is 3.93. The van der Waals surface area contributed by atoms with E-state index < -0.39 is 0 Å². The van der Waals surface area contributed by atoms with E-state index in [0.717, 1.165) is 11.1 Å². The van der Waals surface area contributed by atoms with Crippen LogP contribution >= 0.6 is 0 Å². The molecule has 5 heteroatoms. The van der Waals surface area contributed by atoms with Crippen LogP contribution in [0.5, 0.6) is 0 Å². The summed E-state index contributed by atoms with van der Waals surface area (Å²) in [5.74, 6) is -0.0724.